The number of aliphatic hydroxyl groups is 1. The van der Waals surface area contributed by atoms with E-state index in [1.165, 1.54) is 6.26 Å². The molecule has 6 nitrogen and oxygen atoms in total. The van der Waals surface area contributed by atoms with Crippen LogP contribution < -0.4 is 0 Å². The molecule has 1 aliphatic carbocycles. The number of hydrogen-bond donors (Lipinski definition) is 1. The summed E-state index contributed by atoms with van der Waals surface area (Å²) in [4.78, 5) is 4.06. The highest BCUT2D eigenvalue weighted by atomic mass is 32.2. The van der Waals surface area contributed by atoms with E-state index < -0.39 is 15.9 Å². The van der Waals surface area contributed by atoms with Crippen molar-refractivity contribution in [2.24, 2.45) is 5.92 Å². The maximum absolute atomic E-state index is 11.7. The maximum Gasteiger partial charge on any atom is 0.150 e. The fourth-order valence-electron chi connectivity index (χ4n) is 3.19. The molecule has 1 fully saturated rings. The molecule has 0 aromatic carbocycles. The topological polar surface area (TPSA) is 84.6 Å². The lowest BCUT2D eigenvalue weighted by atomic mass is 9.83. The Morgan fingerprint density at radius 3 is 2.95 bits per heavy atom. The van der Waals surface area contributed by atoms with Gasteiger partial charge in [-0.2, -0.15) is 5.10 Å². The lowest BCUT2D eigenvalue weighted by molar-refractivity contribution is 0.0869. The van der Waals surface area contributed by atoms with E-state index in [1.807, 2.05) is 0 Å². The largest absolute Gasteiger partial charge is 0.388 e. The van der Waals surface area contributed by atoms with Gasteiger partial charge in [-0.25, -0.2) is 12.9 Å². The van der Waals surface area contributed by atoms with E-state index in [2.05, 4.69) is 10.1 Å². The molecule has 0 spiro atoms. The van der Waals surface area contributed by atoms with E-state index in [0.29, 0.717) is 12.8 Å². The average molecular weight is 309 g/mol. The average Bonchev–Trinajstić information content (AvgIpc) is 2.90. The minimum Gasteiger partial charge on any atom is -0.388 e. The highest BCUT2D eigenvalue weighted by molar-refractivity contribution is 7.91. The SMILES string of the molecule is CS(=O)(=O)C1CCCC(C(O)c2cnn3ccncc23)C1. The molecule has 1 saturated carbocycles. The first-order valence-electron chi connectivity index (χ1n) is 7.11. The number of nitrogens with zero attached hydrogens (tertiary/aromatic N) is 3. The predicted octanol–water partition coefficient (Wildman–Crippen LogP) is 1.37. The molecule has 0 saturated heterocycles. The van der Waals surface area contributed by atoms with E-state index in [1.54, 1.807) is 29.3 Å². The summed E-state index contributed by atoms with van der Waals surface area (Å²) in [5.74, 6) is -0.0494. The van der Waals surface area contributed by atoms with Crippen LogP contribution in [0.2, 0.25) is 0 Å². The van der Waals surface area contributed by atoms with Crippen molar-refractivity contribution in [2.45, 2.75) is 37.0 Å². The van der Waals surface area contributed by atoms with Gasteiger partial charge in [0.2, 0.25) is 0 Å². The minimum atomic E-state index is -3.05. The molecule has 0 bridgehead atoms. The third-order valence-electron chi connectivity index (χ3n) is 4.39. The van der Waals surface area contributed by atoms with Crippen molar-refractivity contribution in [3.8, 4) is 0 Å². The first-order valence-corrected chi connectivity index (χ1v) is 9.06. The van der Waals surface area contributed by atoms with E-state index >= 15 is 0 Å². The first-order chi connectivity index (χ1) is 9.97. The molecule has 7 heteroatoms. The summed E-state index contributed by atoms with van der Waals surface area (Å²) in [5.41, 5.74) is 1.49. The van der Waals surface area contributed by atoms with Crippen molar-refractivity contribution < 1.29 is 13.5 Å². The Hall–Kier alpha value is -1.47. The van der Waals surface area contributed by atoms with Crippen LogP contribution in [0.3, 0.4) is 0 Å². The quantitative estimate of drug-likeness (QED) is 0.925. The highest BCUT2D eigenvalue weighted by Gasteiger charge is 2.33. The summed E-state index contributed by atoms with van der Waals surface area (Å²) < 4.78 is 25.2. The van der Waals surface area contributed by atoms with E-state index in [0.717, 1.165) is 23.9 Å². The Morgan fingerprint density at radius 1 is 1.38 bits per heavy atom. The van der Waals surface area contributed by atoms with Crippen molar-refractivity contribution in [3.05, 3.63) is 30.4 Å². The molecule has 21 heavy (non-hydrogen) atoms. The van der Waals surface area contributed by atoms with Crippen molar-refractivity contribution >= 4 is 15.4 Å². The molecular weight excluding hydrogens is 290 g/mol. The van der Waals surface area contributed by atoms with Gasteiger partial charge in [0.1, 0.15) is 9.84 Å². The highest BCUT2D eigenvalue weighted by Crippen LogP contribution is 2.37. The van der Waals surface area contributed by atoms with Gasteiger partial charge in [-0.15, -0.1) is 0 Å². The van der Waals surface area contributed by atoms with Gasteiger partial charge in [0, 0.05) is 24.2 Å². The fraction of sp³-hybridized carbons (Fsp3) is 0.571. The van der Waals surface area contributed by atoms with Gasteiger partial charge in [-0.3, -0.25) is 4.98 Å². The zero-order valence-electron chi connectivity index (χ0n) is 11.9. The summed E-state index contributed by atoms with van der Waals surface area (Å²) >= 11 is 0. The van der Waals surface area contributed by atoms with Crippen LogP contribution in [0.4, 0.5) is 0 Å². The number of fused-ring (bicyclic) bond motifs is 1. The Morgan fingerprint density at radius 2 is 2.19 bits per heavy atom. The predicted molar refractivity (Wildman–Crippen MR) is 78.5 cm³/mol. The molecule has 0 aliphatic heterocycles. The molecule has 0 radical (unpaired) electrons. The smallest absolute Gasteiger partial charge is 0.150 e. The molecule has 2 aromatic rings. The van der Waals surface area contributed by atoms with Gasteiger partial charge >= 0.3 is 0 Å². The molecule has 2 heterocycles. The van der Waals surface area contributed by atoms with Crippen LogP contribution in [0.25, 0.3) is 5.52 Å². The number of sulfone groups is 1. The van der Waals surface area contributed by atoms with Crippen molar-refractivity contribution in [1.29, 1.82) is 0 Å². The number of hydrogen-bond acceptors (Lipinski definition) is 5. The summed E-state index contributed by atoms with van der Waals surface area (Å²) in [6.45, 7) is 0. The van der Waals surface area contributed by atoms with Crippen LogP contribution in [-0.2, 0) is 9.84 Å². The lowest BCUT2D eigenvalue weighted by Gasteiger charge is -2.31. The third-order valence-corrected chi connectivity index (χ3v) is 6.03. The molecule has 3 unspecified atom stereocenters. The van der Waals surface area contributed by atoms with Gasteiger partial charge < -0.3 is 5.11 Å². The van der Waals surface area contributed by atoms with Crippen LogP contribution in [0.1, 0.15) is 37.4 Å². The molecule has 114 valence electrons. The molecule has 1 aliphatic rings. The maximum atomic E-state index is 11.7. The Labute approximate surface area is 123 Å². The van der Waals surface area contributed by atoms with E-state index in [9.17, 15) is 13.5 Å². The van der Waals surface area contributed by atoms with Crippen LogP contribution >= 0.6 is 0 Å². The zero-order chi connectivity index (χ0) is 15.0. The first kappa shape index (κ1) is 14.5. The standard InChI is InChI=1S/C14H19N3O3S/c1-21(19,20)11-4-2-3-10(7-11)14(18)12-8-16-17-6-5-15-9-13(12)17/h5-6,8-11,14,18H,2-4,7H2,1H3. The molecular formula is C14H19N3O3S. The molecule has 3 atom stereocenters. The molecule has 2 aromatic heterocycles. The number of aliphatic hydroxyl groups excluding tert-OH is 1. The molecule has 3 rings (SSSR count). The van der Waals surface area contributed by atoms with Gasteiger partial charge in [0.25, 0.3) is 0 Å². The summed E-state index contributed by atoms with van der Waals surface area (Å²) in [6, 6.07) is 0. The van der Waals surface area contributed by atoms with E-state index in [-0.39, 0.29) is 11.2 Å². The third kappa shape index (κ3) is 2.80. The molecule has 1 N–H and O–H groups in total. The number of aromatic nitrogens is 3. The van der Waals surface area contributed by atoms with Gasteiger partial charge in [-0.1, -0.05) is 6.42 Å². The van der Waals surface area contributed by atoms with Gasteiger partial charge in [0.15, 0.2) is 0 Å². The minimum absolute atomic E-state index is 0.0494. The van der Waals surface area contributed by atoms with Gasteiger partial charge in [0.05, 0.1) is 29.3 Å². The van der Waals surface area contributed by atoms with Crippen molar-refractivity contribution in [3.63, 3.8) is 0 Å². The van der Waals surface area contributed by atoms with E-state index in [4.69, 9.17) is 0 Å². The second kappa shape index (κ2) is 5.38. The molecule has 0 amide bonds. The van der Waals surface area contributed by atoms with Crippen molar-refractivity contribution in [1.82, 2.24) is 14.6 Å². The van der Waals surface area contributed by atoms with Crippen LogP contribution in [-0.4, -0.2) is 39.6 Å². The normalized spacial score (nSPS) is 25.0. The zero-order valence-corrected chi connectivity index (χ0v) is 12.7. The summed E-state index contributed by atoms with van der Waals surface area (Å²) in [5, 5.41) is 14.5. The second-order valence-electron chi connectivity index (χ2n) is 5.83. The Kier molecular flexibility index (Phi) is 3.71. The van der Waals surface area contributed by atoms with Crippen LogP contribution in [0, 0.1) is 5.92 Å². The lowest BCUT2D eigenvalue weighted by Crippen LogP contribution is -2.30. The monoisotopic (exact) mass is 309 g/mol. The fourth-order valence-corrected chi connectivity index (χ4v) is 4.38. The van der Waals surface area contributed by atoms with Crippen LogP contribution in [0.5, 0.6) is 0 Å². The summed E-state index contributed by atoms with van der Waals surface area (Å²) in [7, 11) is -3.05. The van der Waals surface area contributed by atoms with Gasteiger partial charge in [-0.05, 0) is 25.2 Å². The second-order valence-corrected chi connectivity index (χ2v) is 8.15. The Bertz CT molecular complexity index is 741. The van der Waals surface area contributed by atoms with Crippen LogP contribution in [0.15, 0.2) is 24.8 Å². The Balaban J connectivity index is 1.86. The summed E-state index contributed by atoms with van der Waals surface area (Å²) in [6.07, 6.45) is 10.1. The number of rotatable bonds is 3. The van der Waals surface area contributed by atoms with Crippen molar-refractivity contribution in [2.75, 3.05) is 6.26 Å².